The van der Waals surface area contributed by atoms with Crippen LogP contribution in [0.15, 0.2) is 66.7 Å². The van der Waals surface area contributed by atoms with Crippen LogP contribution in [0.3, 0.4) is 0 Å². The lowest BCUT2D eigenvalue weighted by molar-refractivity contribution is -0.123. The van der Waals surface area contributed by atoms with E-state index in [0.29, 0.717) is 47.4 Å². The summed E-state index contributed by atoms with van der Waals surface area (Å²) in [6.45, 7) is 11.6. The summed E-state index contributed by atoms with van der Waals surface area (Å²) >= 11 is 11.8. The normalized spacial score (nSPS) is 14.8. The first-order valence-electron chi connectivity index (χ1n) is 11.0. The van der Waals surface area contributed by atoms with Gasteiger partial charge in [0.05, 0.1) is 18.9 Å². The average molecular weight is 508 g/mol. The van der Waals surface area contributed by atoms with Crippen LogP contribution in [0.4, 0.5) is 15.8 Å². The number of amides is 1. The number of nitrogens with zero attached hydrogens (tertiary/aromatic N) is 3. The highest BCUT2D eigenvalue weighted by molar-refractivity contribution is 7.80. The van der Waals surface area contributed by atoms with Crippen LogP contribution in [0, 0.1) is 12.4 Å². The molecule has 0 bridgehead atoms. The smallest absolute Gasteiger partial charge is 0.258 e. The van der Waals surface area contributed by atoms with Gasteiger partial charge in [0, 0.05) is 23.2 Å². The summed E-state index contributed by atoms with van der Waals surface area (Å²) < 4.78 is 20.4. The van der Waals surface area contributed by atoms with Crippen molar-refractivity contribution in [1.29, 1.82) is 0 Å². The molecule has 0 radical (unpaired) electrons. The third-order valence-corrected chi connectivity index (χ3v) is 6.66. The van der Waals surface area contributed by atoms with Crippen molar-refractivity contribution in [3.8, 4) is 16.9 Å². The molecular formula is C27H23ClFN3O2S. The predicted octanol–water partition coefficient (Wildman–Crippen LogP) is 6.88. The monoisotopic (exact) mass is 507 g/mol. The number of halogens is 2. The number of hydrogen-bond acceptors (Lipinski definition) is 3. The number of anilines is 1. The van der Waals surface area contributed by atoms with Crippen molar-refractivity contribution in [3.05, 3.63) is 89.0 Å². The minimum Gasteiger partial charge on any atom is -0.493 e. The Morgan fingerprint density at radius 2 is 1.86 bits per heavy atom. The Hall–Kier alpha value is -3.47. The molecule has 1 heterocycles. The Morgan fingerprint density at radius 3 is 2.51 bits per heavy atom. The number of carbonyl (C=O) groups is 1. The lowest BCUT2D eigenvalue weighted by Gasteiger charge is -2.29. The summed E-state index contributed by atoms with van der Waals surface area (Å²) in [6.07, 6.45) is 0.574. The van der Waals surface area contributed by atoms with E-state index in [1.54, 1.807) is 30.3 Å². The minimum absolute atomic E-state index is 0.173. The Kier molecular flexibility index (Phi) is 7.06. The zero-order valence-corrected chi connectivity index (χ0v) is 20.9. The molecule has 3 aromatic carbocycles. The molecule has 1 aliphatic rings. The van der Waals surface area contributed by atoms with Gasteiger partial charge in [0.2, 0.25) is 5.69 Å². The molecule has 1 aliphatic heterocycles. The van der Waals surface area contributed by atoms with Crippen molar-refractivity contribution in [2.45, 2.75) is 25.8 Å². The van der Waals surface area contributed by atoms with Crippen molar-refractivity contribution >= 4 is 46.2 Å². The summed E-state index contributed by atoms with van der Waals surface area (Å²) in [6, 6.07) is 19.0. The second-order valence-electron chi connectivity index (χ2n) is 8.59. The van der Waals surface area contributed by atoms with Crippen LogP contribution in [0.1, 0.15) is 20.3 Å². The van der Waals surface area contributed by atoms with Crippen molar-refractivity contribution in [1.82, 2.24) is 4.90 Å². The van der Waals surface area contributed by atoms with E-state index in [1.807, 2.05) is 49.1 Å². The van der Waals surface area contributed by atoms with E-state index in [2.05, 4.69) is 4.85 Å². The Labute approximate surface area is 214 Å². The van der Waals surface area contributed by atoms with Gasteiger partial charge in [-0.3, -0.25) is 9.69 Å². The fraction of sp³-hybridized carbons (Fsp3) is 0.222. The first-order valence-corrected chi connectivity index (χ1v) is 11.8. The topological polar surface area (TPSA) is 37.1 Å². The lowest BCUT2D eigenvalue weighted by atomic mass is 10.0. The van der Waals surface area contributed by atoms with Crippen LogP contribution < -0.4 is 9.64 Å². The molecule has 5 nitrogen and oxygen atoms in total. The molecule has 178 valence electrons. The molecule has 0 spiro atoms. The van der Waals surface area contributed by atoms with E-state index >= 15 is 0 Å². The fourth-order valence-electron chi connectivity index (χ4n) is 4.01. The van der Waals surface area contributed by atoms with Gasteiger partial charge in [-0.15, -0.1) is 0 Å². The van der Waals surface area contributed by atoms with Crippen LogP contribution in [-0.2, 0) is 4.79 Å². The molecule has 0 N–H and O–H groups in total. The van der Waals surface area contributed by atoms with Crippen LogP contribution >= 0.6 is 23.8 Å². The van der Waals surface area contributed by atoms with Crippen LogP contribution in [-0.4, -0.2) is 34.6 Å². The highest BCUT2D eigenvalue weighted by Crippen LogP contribution is 2.36. The zero-order chi connectivity index (χ0) is 25.2. The lowest BCUT2D eigenvalue weighted by Crippen LogP contribution is -2.44. The molecule has 0 atom stereocenters. The van der Waals surface area contributed by atoms with Crippen molar-refractivity contribution in [2.75, 3.05) is 18.1 Å². The van der Waals surface area contributed by atoms with Crippen LogP contribution in [0.2, 0.25) is 5.02 Å². The van der Waals surface area contributed by atoms with Gasteiger partial charge in [-0.1, -0.05) is 48.0 Å². The number of rotatable bonds is 7. The maximum absolute atomic E-state index is 14.6. The molecule has 4 rings (SSSR count). The minimum atomic E-state index is -0.856. The highest BCUT2D eigenvalue weighted by atomic mass is 35.5. The fourth-order valence-corrected chi connectivity index (χ4v) is 4.74. The van der Waals surface area contributed by atoms with Gasteiger partial charge in [-0.25, -0.2) is 9.24 Å². The quantitative estimate of drug-likeness (QED) is 0.198. The van der Waals surface area contributed by atoms with Gasteiger partial charge in [-0.05, 0) is 62.3 Å². The molecule has 0 unspecified atom stereocenters. The van der Waals surface area contributed by atoms with Crippen LogP contribution in [0.25, 0.3) is 16.0 Å². The summed E-state index contributed by atoms with van der Waals surface area (Å²) in [5.41, 5.74) is 1.31. The first-order chi connectivity index (χ1) is 16.7. The molecule has 8 heteroatoms. The molecule has 0 saturated carbocycles. The molecule has 1 saturated heterocycles. The number of hydrogen-bond donors (Lipinski definition) is 0. The number of ether oxygens (including phenoxy) is 1. The SMILES string of the molecule is [C-]#[N+]c1ccc(N2C(=O)C(C)(C)N(CCCOc3ccc(-c4ccccc4)c(F)c3)C2=S)cc1Cl. The van der Waals surface area contributed by atoms with E-state index in [1.165, 1.54) is 11.0 Å². The van der Waals surface area contributed by atoms with Crippen molar-refractivity contribution < 1.29 is 13.9 Å². The average Bonchev–Trinajstić information content (AvgIpc) is 3.01. The van der Waals surface area contributed by atoms with Crippen LogP contribution in [0.5, 0.6) is 5.75 Å². The summed E-state index contributed by atoms with van der Waals surface area (Å²) in [7, 11) is 0. The van der Waals surface area contributed by atoms with Gasteiger partial charge in [0.25, 0.3) is 5.91 Å². The van der Waals surface area contributed by atoms with Gasteiger partial charge >= 0.3 is 0 Å². The third-order valence-electron chi connectivity index (χ3n) is 5.95. The summed E-state index contributed by atoms with van der Waals surface area (Å²) in [5.74, 6) is -0.0778. The van der Waals surface area contributed by atoms with Gasteiger partial charge in [0.15, 0.2) is 5.11 Å². The molecule has 3 aromatic rings. The molecule has 0 aliphatic carbocycles. The van der Waals surface area contributed by atoms with E-state index < -0.39 is 5.54 Å². The van der Waals surface area contributed by atoms with Crippen molar-refractivity contribution in [2.24, 2.45) is 0 Å². The Bertz CT molecular complexity index is 1320. The predicted molar refractivity (Wildman–Crippen MR) is 141 cm³/mol. The largest absolute Gasteiger partial charge is 0.493 e. The number of benzene rings is 3. The van der Waals surface area contributed by atoms with E-state index in [4.69, 9.17) is 35.1 Å². The summed E-state index contributed by atoms with van der Waals surface area (Å²) in [4.78, 5) is 19.8. The van der Waals surface area contributed by atoms with E-state index in [-0.39, 0.29) is 16.7 Å². The van der Waals surface area contributed by atoms with Crippen molar-refractivity contribution in [3.63, 3.8) is 0 Å². The molecule has 0 aromatic heterocycles. The van der Waals surface area contributed by atoms with Gasteiger partial charge < -0.3 is 9.64 Å². The maximum Gasteiger partial charge on any atom is 0.258 e. The van der Waals surface area contributed by atoms with Gasteiger partial charge in [0.1, 0.15) is 17.1 Å². The maximum atomic E-state index is 14.6. The number of thiocarbonyl (C=S) groups is 1. The Balaban J connectivity index is 1.39. The second-order valence-corrected chi connectivity index (χ2v) is 9.36. The third kappa shape index (κ3) is 4.86. The molecule has 1 amide bonds. The van der Waals surface area contributed by atoms with E-state index in [0.717, 1.165) is 5.56 Å². The second kappa shape index (κ2) is 10.0. The number of carbonyl (C=O) groups excluding carboxylic acids is 1. The first kappa shape index (κ1) is 24.6. The molecular weight excluding hydrogens is 485 g/mol. The molecule has 1 fully saturated rings. The standard InChI is InChI=1S/C27H23ClFN3O2S/c1-27(2)25(33)32(19-10-13-24(30-3)22(28)16-19)26(35)31(27)14-7-15-34-20-11-12-21(23(29)17-20)18-8-5-4-6-9-18/h4-6,8-13,16-17H,7,14-15H2,1-2H3. The van der Waals surface area contributed by atoms with E-state index in [9.17, 15) is 9.18 Å². The Morgan fingerprint density at radius 1 is 1.11 bits per heavy atom. The zero-order valence-electron chi connectivity index (χ0n) is 19.3. The molecule has 35 heavy (non-hydrogen) atoms. The summed E-state index contributed by atoms with van der Waals surface area (Å²) in [5, 5.41) is 0.633. The van der Waals surface area contributed by atoms with Gasteiger partial charge in [-0.2, -0.15) is 0 Å². The highest BCUT2D eigenvalue weighted by Gasteiger charge is 2.49.